The molecule has 5 aromatic rings. The molecule has 13 heteroatoms. The van der Waals surface area contributed by atoms with Crippen molar-refractivity contribution < 1.29 is 18.3 Å². The van der Waals surface area contributed by atoms with Gasteiger partial charge in [-0.2, -0.15) is 4.98 Å². The number of ether oxygens (including phenoxy) is 1. The first-order chi connectivity index (χ1) is 17.8. The van der Waals surface area contributed by atoms with Gasteiger partial charge in [0.05, 0.1) is 30.8 Å². The fourth-order valence-corrected chi connectivity index (χ4v) is 4.48. The standard InChI is InChI=1S/C24H16ClF2N7O2S/c1-11-6-12(13-7-19(25)29-10-18(13)36-2)14(8-28-11)22(35)34-24-33-21-23(37-24)32-17(9-30-21)15-4-3-5-16(31-15)20(26)27/h3-10,20H,1-2H3,(H,30,33,34,35). The average molecular weight is 540 g/mol. The van der Waals surface area contributed by atoms with E-state index in [1.165, 1.54) is 37.8 Å². The zero-order valence-corrected chi connectivity index (χ0v) is 20.8. The van der Waals surface area contributed by atoms with Gasteiger partial charge in [0.1, 0.15) is 22.3 Å². The number of pyridine rings is 3. The van der Waals surface area contributed by atoms with Crippen LogP contribution in [0, 0.1) is 6.92 Å². The fraction of sp³-hybridized carbons (Fsp3) is 0.125. The predicted octanol–water partition coefficient (Wildman–Crippen LogP) is 5.77. The summed E-state index contributed by atoms with van der Waals surface area (Å²) >= 11 is 7.19. The molecule has 5 heterocycles. The summed E-state index contributed by atoms with van der Waals surface area (Å²) in [5, 5.41) is 3.24. The van der Waals surface area contributed by atoms with E-state index in [9.17, 15) is 13.6 Å². The van der Waals surface area contributed by atoms with Gasteiger partial charge in [-0.15, -0.1) is 0 Å². The summed E-state index contributed by atoms with van der Waals surface area (Å²) in [6.07, 6.45) is 1.62. The van der Waals surface area contributed by atoms with Crippen LogP contribution in [0.5, 0.6) is 5.75 Å². The number of fused-ring (bicyclic) bond motifs is 1. The molecule has 0 aliphatic carbocycles. The van der Waals surface area contributed by atoms with Crippen LogP contribution < -0.4 is 10.1 Å². The lowest BCUT2D eigenvalue weighted by atomic mass is 10.0. The van der Waals surface area contributed by atoms with Crippen molar-refractivity contribution in [1.82, 2.24) is 29.9 Å². The molecule has 0 aliphatic rings. The molecule has 186 valence electrons. The maximum atomic E-state index is 13.3. The van der Waals surface area contributed by atoms with E-state index in [1.54, 1.807) is 25.1 Å². The molecule has 9 nitrogen and oxygen atoms in total. The normalized spacial score (nSPS) is 11.2. The zero-order chi connectivity index (χ0) is 26.1. The highest BCUT2D eigenvalue weighted by atomic mass is 35.5. The van der Waals surface area contributed by atoms with E-state index in [0.717, 1.165) is 11.3 Å². The molecule has 5 aromatic heterocycles. The molecule has 0 aromatic carbocycles. The van der Waals surface area contributed by atoms with Crippen LogP contribution in [0.15, 0.2) is 48.9 Å². The number of nitrogens with zero attached hydrogens (tertiary/aromatic N) is 6. The third-order valence-electron chi connectivity index (χ3n) is 5.23. The second-order valence-corrected chi connectivity index (χ2v) is 9.05. The van der Waals surface area contributed by atoms with E-state index in [2.05, 4.69) is 35.2 Å². The monoisotopic (exact) mass is 539 g/mol. The lowest BCUT2D eigenvalue weighted by Gasteiger charge is -2.13. The molecule has 37 heavy (non-hydrogen) atoms. The molecular formula is C24H16ClF2N7O2S. The molecule has 5 rings (SSSR count). The van der Waals surface area contributed by atoms with Crippen LogP contribution in [0.2, 0.25) is 5.15 Å². The predicted molar refractivity (Wildman–Crippen MR) is 135 cm³/mol. The number of amides is 1. The Labute approximate surface area is 217 Å². The summed E-state index contributed by atoms with van der Waals surface area (Å²) in [4.78, 5) is 38.9. The second-order valence-electron chi connectivity index (χ2n) is 7.68. The van der Waals surface area contributed by atoms with Gasteiger partial charge in [-0.1, -0.05) is 29.0 Å². The van der Waals surface area contributed by atoms with Gasteiger partial charge in [-0.3, -0.25) is 15.1 Å². The highest BCUT2D eigenvalue weighted by molar-refractivity contribution is 7.21. The number of halogens is 3. The molecule has 0 bridgehead atoms. The lowest BCUT2D eigenvalue weighted by molar-refractivity contribution is 0.102. The van der Waals surface area contributed by atoms with Gasteiger partial charge in [-0.05, 0) is 31.2 Å². The largest absolute Gasteiger partial charge is 0.494 e. The Morgan fingerprint density at radius 1 is 1.03 bits per heavy atom. The number of anilines is 1. The van der Waals surface area contributed by atoms with Crippen molar-refractivity contribution in [1.29, 1.82) is 0 Å². The fourth-order valence-electron chi connectivity index (χ4n) is 3.53. The number of carbonyl (C=O) groups is 1. The second kappa shape index (κ2) is 10.1. The van der Waals surface area contributed by atoms with Crippen LogP contribution in [-0.2, 0) is 0 Å². The zero-order valence-electron chi connectivity index (χ0n) is 19.2. The van der Waals surface area contributed by atoms with Crippen molar-refractivity contribution in [3.63, 3.8) is 0 Å². The van der Waals surface area contributed by atoms with Gasteiger partial charge < -0.3 is 4.74 Å². The minimum absolute atomic E-state index is 0.240. The minimum Gasteiger partial charge on any atom is -0.494 e. The first kappa shape index (κ1) is 24.5. The molecule has 1 N–H and O–H groups in total. The van der Waals surface area contributed by atoms with Crippen LogP contribution >= 0.6 is 22.9 Å². The van der Waals surface area contributed by atoms with Gasteiger partial charge in [-0.25, -0.2) is 28.7 Å². The van der Waals surface area contributed by atoms with Crippen molar-refractivity contribution in [2.45, 2.75) is 13.3 Å². The summed E-state index contributed by atoms with van der Waals surface area (Å²) < 4.78 is 31.5. The first-order valence-electron chi connectivity index (χ1n) is 10.7. The summed E-state index contributed by atoms with van der Waals surface area (Å²) in [7, 11) is 1.50. The Morgan fingerprint density at radius 3 is 2.65 bits per heavy atom. The maximum Gasteiger partial charge on any atom is 0.280 e. The van der Waals surface area contributed by atoms with Gasteiger partial charge >= 0.3 is 0 Å². The number of nitrogens with one attached hydrogen (secondary N) is 1. The Balaban J connectivity index is 1.47. The van der Waals surface area contributed by atoms with Gasteiger partial charge in [0.2, 0.25) is 0 Å². The average Bonchev–Trinajstić information content (AvgIpc) is 3.30. The first-order valence-corrected chi connectivity index (χ1v) is 11.9. The number of aryl methyl sites for hydroxylation is 1. The molecule has 0 fully saturated rings. The van der Waals surface area contributed by atoms with E-state index >= 15 is 0 Å². The molecule has 1 amide bonds. The van der Waals surface area contributed by atoms with Crippen molar-refractivity contribution in [3.8, 4) is 28.3 Å². The third kappa shape index (κ3) is 5.06. The number of hydrogen-bond acceptors (Lipinski definition) is 9. The maximum absolute atomic E-state index is 13.3. The summed E-state index contributed by atoms with van der Waals surface area (Å²) in [5.74, 6) is -0.0300. The molecule has 0 atom stereocenters. The van der Waals surface area contributed by atoms with Crippen LogP contribution in [0.3, 0.4) is 0 Å². The minimum atomic E-state index is -2.70. The van der Waals surface area contributed by atoms with Crippen molar-refractivity contribution in [2.75, 3.05) is 12.4 Å². The van der Waals surface area contributed by atoms with Crippen LogP contribution in [0.1, 0.15) is 28.2 Å². The SMILES string of the molecule is COc1cnc(Cl)cc1-c1cc(C)ncc1C(=O)Nc1nc2ncc(-c3cccc(C(F)F)n3)nc2s1. The molecule has 0 spiro atoms. The van der Waals surface area contributed by atoms with Crippen LogP contribution in [0.25, 0.3) is 33.0 Å². The summed E-state index contributed by atoms with van der Waals surface area (Å²) in [5.41, 5.74) is 2.58. The van der Waals surface area contributed by atoms with Crippen molar-refractivity contribution >= 4 is 44.5 Å². The van der Waals surface area contributed by atoms with Crippen molar-refractivity contribution in [2.24, 2.45) is 0 Å². The van der Waals surface area contributed by atoms with Crippen LogP contribution in [0.4, 0.5) is 13.9 Å². The number of alkyl halides is 2. The summed E-state index contributed by atoms with van der Waals surface area (Å²) in [6, 6.07) is 7.64. The number of rotatable bonds is 6. The van der Waals surface area contributed by atoms with E-state index in [4.69, 9.17) is 16.3 Å². The van der Waals surface area contributed by atoms with E-state index in [0.29, 0.717) is 38.7 Å². The molecule has 0 radical (unpaired) electrons. The van der Waals surface area contributed by atoms with Gasteiger partial charge in [0.25, 0.3) is 12.3 Å². The number of carbonyl (C=O) groups excluding carboxylic acids is 1. The number of hydrogen-bond donors (Lipinski definition) is 1. The quantitative estimate of drug-likeness (QED) is 0.270. The van der Waals surface area contributed by atoms with E-state index in [-0.39, 0.29) is 27.2 Å². The number of thiazole rings is 1. The number of aromatic nitrogens is 6. The Bertz CT molecular complexity index is 1650. The Hall–Kier alpha value is -4.16. The molecular weight excluding hydrogens is 524 g/mol. The van der Waals surface area contributed by atoms with E-state index < -0.39 is 12.3 Å². The highest BCUT2D eigenvalue weighted by Gasteiger charge is 2.20. The molecule has 0 aliphatic heterocycles. The van der Waals surface area contributed by atoms with Gasteiger partial charge in [0.15, 0.2) is 15.6 Å². The smallest absolute Gasteiger partial charge is 0.280 e. The summed E-state index contributed by atoms with van der Waals surface area (Å²) in [6.45, 7) is 1.80. The third-order valence-corrected chi connectivity index (χ3v) is 6.29. The molecule has 0 saturated carbocycles. The van der Waals surface area contributed by atoms with Crippen molar-refractivity contribution in [3.05, 3.63) is 71.0 Å². The Kier molecular flexibility index (Phi) is 6.68. The Morgan fingerprint density at radius 2 is 1.86 bits per heavy atom. The van der Waals surface area contributed by atoms with Crippen LogP contribution in [-0.4, -0.2) is 42.9 Å². The topological polar surface area (TPSA) is 116 Å². The molecule has 0 unspecified atom stereocenters. The number of methoxy groups -OCH3 is 1. The highest BCUT2D eigenvalue weighted by Crippen LogP contribution is 2.34. The molecule has 0 saturated heterocycles. The van der Waals surface area contributed by atoms with Gasteiger partial charge in [0, 0.05) is 23.0 Å². The lowest BCUT2D eigenvalue weighted by Crippen LogP contribution is -2.14. The van der Waals surface area contributed by atoms with E-state index in [1.807, 2.05) is 0 Å².